The van der Waals surface area contributed by atoms with Crippen LogP contribution < -0.4 is 15.0 Å². The minimum absolute atomic E-state index is 0.0227. The number of nitrogens with one attached hydrogen (secondary N) is 1. The molecular formula is C20H27N3O3. The molecule has 1 aromatic heterocycles. The molecule has 26 heavy (non-hydrogen) atoms. The maximum absolute atomic E-state index is 12.3. The fourth-order valence-electron chi connectivity index (χ4n) is 3.43. The van der Waals surface area contributed by atoms with Crippen LogP contribution in [-0.2, 0) is 25.9 Å². The van der Waals surface area contributed by atoms with Gasteiger partial charge < -0.3 is 14.5 Å². The molecule has 0 aliphatic carbocycles. The van der Waals surface area contributed by atoms with Crippen molar-refractivity contribution in [3.63, 3.8) is 0 Å². The van der Waals surface area contributed by atoms with Gasteiger partial charge in [-0.15, -0.1) is 0 Å². The summed E-state index contributed by atoms with van der Waals surface area (Å²) in [5.41, 5.74) is 2.85. The lowest BCUT2D eigenvalue weighted by Crippen LogP contribution is -2.35. The first kappa shape index (κ1) is 18.5. The van der Waals surface area contributed by atoms with Crippen LogP contribution in [0.5, 0.6) is 11.5 Å². The first-order chi connectivity index (χ1) is 12.7. The Kier molecular flexibility index (Phi) is 5.93. The van der Waals surface area contributed by atoms with E-state index in [0.29, 0.717) is 13.2 Å². The molecule has 0 saturated heterocycles. The van der Waals surface area contributed by atoms with Crippen LogP contribution >= 0.6 is 0 Å². The summed E-state index contributed by atoms with van der Waals surface area (Å²) >= 11 is 0. The van der Waals surface area contributed by atoms with Crippen molar-refractivity contribution in [1.82, 2.24) is 14.9 Å². The van der Waals surface area contributed by atoms with E-state index >= 15 is 0 Å². The largest absolute Gasteiger partial charge is 0.493 e. The van der Waals surface area contributed by atoms with Gasteiger partial charge in [0.2, 0.25) is 0 Å². The topological polar surface area (TPSA) is 67.5 Å². The Morgan fingerprint density at radius 1 is 1.31 bits per heavy atom. The van der Waals surface area contributed by atoms with E-state index in [-0.39, 0.29) is 5.56 Å². The van der Waals surface area contributed by atoms with Gasteiger partial charge in [0, 0.05) is 37.2 Å². The third-order valence-corrected chi connectivity index (χ3v) is 4.65. The molecule has 0 atom stereocenters. The van der Waals surface area contributed by atoms with E-state index in [1.54, 1.807) is 7.11 Å². The SMILES string of the molecule is CCCc1nc2c(c(=O)[nH]1)CCN(Cc1cccc(OC)c1OCC)C2. The maximum atomic E-state index is 12.3. The summed E-state index contributed by atoms with van der Waals surface area (Å²) in [5, 5.41) is 0. The van der Waals surface area contributed by atoms with Crippen LogP contribution in [0.1, 0.15) is 42.9 Å². The van der Waals surface area contributed by atoms with E-state index in [1.807, 2.05) is 19.1 Å². The van der Waals surface area contributed by atoms with Crippen LogP contribution in [0.25, 0.3) is 0 Å². The molecule has 0 bridgehead atoms. The highest BCUT2D eigenvalue weighted by Crippen LogP contribution is 2.32. The number of aromatic nitrogens is 2. The lowest BCUT2D eigenvalue weighted by atomic mass is 10.0. The van der Waals surface area contributed by atoms with Crippen LogP contribution in [0.2, 0.25) is 0 Å². The Morgan fingerprint density at radius 3 is 2.88 bits per heavy atom. The average molecular weight is 357 g/mol. The summed E-state index contributed by atoms with van der Waals surface area (Å²) in [7, 11) is 1.66. The Morgan fingerprint density at radius 2 is 2.15 bits per heavy atom. The number of aromatic amines is 1. The van der Waals surface area contributed by atoms with Gasteiger partial charge in [-0.25, -0.2) is 4.98 Å². The fourth-order valence-corrected chi connectivity index (χ4v) is 3.43. The van der Waals surface area contributed by atoms with E-state index in [2.05, 4.69) is 22.9 Å². The second-order valence-corrected chi connectivity index (χ2v) is 6.53. The lowest BCUT2D eigenvalue weighted by molar-refractivity contribution is 0.232. The number of hydrogen-bond acceptors (Lipinski definition) is 5. The van der Waals surface area contributed by atoms with Crippen LogP contribution in [-0.4, -0.2) is 35.1 Å². The molecule has 0 saturated carbocycles. The van der Waals surface area contributed by atoms with E-state index < -0.39 is 0 Å². The number of rotatable bonds is 7. The highest BCUT2D eigenvalue weighted by atomic mass is 16.5. The van der Waals surface area contributed by atoms with Gasteiger partial charge in [-0.2, -0.15) is 0 Å². The summed E-state index contributed by atoms with van der Waals surface area (Å²) in [6.07, 6.45) is 2.48. The van der Waals surface area contributed by atoms with Crippen LogP contribution in [0.4, 0.5) is 0 Å². The second kappa shape index (κ2) is 8.36. The number of ether oxygens (including phenoxy) is 2. The first-order valence-electron chi connectivity index (χ1n) is 9.28. The summed E-state index contributed by atoms with van der Waals surface area (Å²) in [6.45, 7) is 6.89. The van der Waals surface area contributed by atoms with Crippen molar-refractivity contribution in [2.45, 2.75) is 46.2 Å². The summed E-state index contributed by atoms with van der Waals surface area (Å²) in [4.78, 5) is 22.2. The molecule has 0 spiro atoms. The zero-order chi connectivity index (χ0) is 18.5. The van der Waals surface area contributed by atoms with Gasteiger partial charge in [0.25, 0.3) is 5.56 Å². The summed E-state index contributed by atoms with van der Waals surface area (Å²) < 4.78 is 11.3. The minimum atomic E-state index is 0.0227. The molecule has 1 N–H and O–H groups in total. The molecule has 3 rings (SSSR count). The number of benzene rings is 1. The molecular weight excluding hydrogens is 330 g/mol. The molecule has 2 aromatic rings. The number of aryl methyl sites for hydroxylation is 1. The molecule has 1 aliphatic rings. The summed E-state index contributed by atoms with van der Waals surface area (Å²) in [5.74, 6) is 2.34. The van der Waals surface area contributed by atoms with Crippen molar-refractivity contribution in [3.05, 3.63) is 51.2 Å². The predicted molar refractivity (Wildman–Crippen MR) is 101 cm³/mol. The monoisotopic (exact) mass is 357 g/mol. The maximum Gasteiger partial charge on any atom is 0.254 e. The molecule has 0 fully saturated rings. The molecule has 2 heterocycles. The first-order valence-corrected chi connectivity index (χ1v) is 9.28. The van der Waals surface area contributed by atoms with Gasteiger partial charge in [0.15, 0.2) is 11.5 Å². The predicted octanol–water partition coefficient (Wildman–Crippen LogP) is 2.69. The molecule has 0 amide bonds. The van der Waals surface area contributed by atoms with Gasteiger partial charge in [0.05, 0.1) is 19.4 Å². The third kappa shape index (κ3) is 3.90. The Balaban J connectivity index is 1.83. The fraction of sp³-hybridized carbons (Fsp3) is 0.500. The molecule has 140 valence electrons. The zero-order valence-corrected chi connectivity index (χ0v) is 15.8. The molecule has 0 unspecified atom stereocenters. The number of H-pyrrole nitrogens is 1. The number of para-hydroxylation sites is 1. The van der Waals surface area contributed by atoms with Crippen LogP contribution in [0.15, 0.2) is 23.0 Å². The highest BCUT2D eigenvalue weighted by Gasteiger charge is 2.22. The van der Waals surface area contributed by atoms with E-state index in [1.165, 1.54) is 0 Å². The van der Waals surface area contributed by atoms with Gasteiger partial charge in [-0.1, -0.05) is 19.1 Å². The molecule has 6 heteroatoms. The van der Waals surface area contributed by atoms with Gasteiger partial charge >= 0.3 is 0 Å². The molecule has 0 radical (unpaired) electrons. The van der Waals surface area contributed by atoms with Gasteiger partial charge in [-0.05, 0) is 25.8 Å². The van der Waals surface area contributed by atoms with Crippen molar-refractivity contribution in [2.75, 3.05) is 20.3 Å². The van der Waals surface area contributed by atoms with Crippen molar-refractivity contribution in [3.8, 4) is 11.5 Å². The minimum Gasteiger partial charge on any atom is -0.493 e. The standard InChI is InChI=1S/C20H27N3O3/c1-4-7-18-21-16-13-23(11-10-15(16)20(24)22-18)12-14-8-6-9-17(25-3)19(14)26-5-2/h6,8-9H,4-5,7,10-13H2,1-3H3,(H,21,22,24). The van der Waals surface area contributed by atoms with Gasteiger partial charge in [0.1, 0.15) is 5.82 Å². The molecule has 6 nitrogen and oxygen atoms in total. The molecule has 1 aliphatic heterocycles. The van der Waals surface area contributed by atoms with Crippen LogP contribution in [0, 0.1) is 0 Å². The number of fused-ring (bicyclic) bond motifs is 1. The Bertz CT molecular complexity index is 816. The van der Waals surface area contributed by atoms with Gasteiger partial charge in [-0.3, -0.25) is 9.69 Å². The van der Waals surface area contributed by atoms with Crippen molar-refractivity contribution < 1.29 is 9.47 Å². The van der Waals surface area contributed by atoms with Crippen molar-refractivity contribution >= 4 is 0 Å². The summed E-state index contributed by atoms with van der Waals surface area (Å²) in [6, 6.07) is 5.96. The van der Waals surface area contributed by atoms with E-state index in [9.17, 15) is 4.79 Å². The highest BCUT2D eigenvalue weighted by molar-refractivity contribution is 5.46. The second-order valence-electron chi connectivity index (χ2n) is 6.53. The van der Waals surface area contributed by atoms with E-state index in [4.69, 9.17) is 14.5 Å². The smallest absolute Gasteiger partial charge is 0.254 e. The van der Waals surface area contributed by atoms with Crippen LogP contribution in [0.3, 0.4) is 0 Å². The number of nitrogens with zero attached hydrogens (tertiary/aromatic N) is 2. The molecule has 1 aromatic carbocycles. The third-order valence-electron chi connectivity index (χ3n) is 4.65. The zero-order valence-electron chi connectivity index (χ0n) is 15.8. The number of methoxy groups -OCH3 is 1. The quantitative estimate of drug-likeness (QED) is 0.825. The van der Waals surface area contributed by atoms with E-state index in [0.717, 1.165) is 66.5 Å². The lowest BCUT2D eigenvalue weighted by Gasteiger charge is -2.28. The Hall–Kier alpha value is -2.34. The normalized spacial score (nSPS) is 14.1. The Labute approximate surface area is 154 Å². The number of hydrogen-bond donors (Lipinski definition) is 1. The van der Waals surface area contributed by atoms with Crippen molar-refractivity contribution in [1.29, 1.82) is 0 Å². The van der Waals surface area contributed by atoms with Crippen molar-refractivity contribution in [2.24, 2.45) is 0 Å². The average Bonchev–Trinajstić information content (AvgIpc) is 2.63.